The zero-order valence-electron chi connectivity index (χ0n) is 12.1. The molecule has 0 amide bonds. The zero-order valence-corrected chi connectivity index (χ0v) is 13.6. The van der Waals surface area contributed by atoms with Crippen molar-refractivity contribution in [3.8, 4) is 0 Å². The van der Waals surface area contributed by atoms with Gasteiger partial charge in [0, 0.05) is 18.2 Å². The van der Waals surface area contributed by atoms with Crippen LogP contribution in [0, 0.1) is 12.3 Å². The highest BCUT2D eigenvalue weighted by atomic mass is 35.5. The first-order valence-corrected chi connectivity index (χ1v) is 7.54. The van der Waals surface area contributed by atoms with Crippen LogP contribution in [0.2, 0.25) is 0 Å². The van der Waals surface area contributed by atoms with E-state index in [9.17, 15) is 9.59 Å². The number of aryl methyl sites for hydroxylation is 1. The number of halogens is 2. The Balaban J connectivity index is 1.81. The van der Waals surface area contributed by atoms with E-state index in [1.165, 1.54) is 10.5 Å². The molecule has 7 heteroatoms. The number of hydrogen-bond acceptors (Lipinski definition) is 4. The number of carbonyl (C=O) groups excluding carboxylic acids is 1. The van der Waals surface area contributed by atoms with Gasteiger partial charge in [0.15, 0.2) is 0 Å². The predicted molar refractivity (Wildman–Crippen MR) is 83.2 cm³/mol. The third kappa shape index (κ3) is 2.38. The van der Waals surface area contributed by atoms with Crippen molar-refractivity contribution in [1.82, 2.24) is 9.38 Å². The van der Waals surface area contributed by atoms with Crippen LogP contribution < -0.4 is 5.56 Å². The molecule has 1 atom stereocenters. The van der Waals surface area contributed by atoms with Gasteiger partial charge in [-0.1, -0.05) is 6.07 Å². The van der Waals surface area contributed by atoms with Crippen molar-refractivity contribution < 1.29 is 9.53 Å². The van der Waals surface area contributed by atoms with E-state index >= 15 is 0 Å². The number of hydrogen-bond donors (Lipinski definition) is 0. The number of pyridine rings is 1. The number of alkyl halides is 2. The Bertz CT molecular complexity index is 831. The molecule has 0 N–H and O–H groups in total. The lowest BCUT2D eigenvalue weighted by molar-refractivity contribution is -0.151. The molecule has 0 saturated heterocycles. The second kappa shape index (κ2) is 4.96. The number of nitrogens with zero attached hydrogens (tertiary/aromatic N) is 2. The summed E-state index contributed by atoms with van der Waals surface area (Å²) in [5, 5.41) is 0. The summed E-state index contributed by atoms with van der Waals surface area (Å²) in [5.74, 6) is -0.483. The highest BCUT2D eigenvalue weighted by molar-refractivity contribution is 6.53. The normalized spacial score (nSPS) is 22.5. The first-order valence-electron chi connectivity index (χ1n) is 6.78. The summed E-state index contributed by atoms with van der Waals surface area (Å²) in [6.07, 6.45) is 0.356. The van der Waals surface area contributed by atoms with E-state index in [2.05, 4.69) is 4.98 Å². The van der Waals surface area contributed by atoms with Gasteiger partial charge in [0.2, 0.25) is 0 Å². The zero-order chi connectivity index (χ0) is 16.1. The Hall–Kier alpha value is -1.59. The average Bonchev–Trinajstić information content (AvgIpc) is 2.96. The van der Waals surface area contributed by atoms with E-state index in [0.717, 1.165) is 5.69 Å². The maximum absolute atomic E-state index is 12.1. The van der Waals surface area contributed by atoms with Crippen LogP contribution in [0.15, 0.2) is 29.1 Å². The van der Waals surface area contributed by atoms with Gasteiger partial charge in [0.25, 0.3) is 5.56 Å². The van der Waals surface area contributed by atoms with E-state index in [1.807, 2.05) is 19.1 Å². The fourth-order valence-corrected chi connectivity index (χ4v) is 3.05. The van der Waals surface area contributed by atoms with Crippen molar-refractivity contribution in [2.24, 2.45) is 5.41 Å². The van der Waals surface area contributed by atoms with E-state index in [0.29, 0.717) is 17.8 Å². The third-order valence-corrected chi connectivity index (χ3v) is 5.09. The predicted octanol–water partition coefficient (Wildman–Crippen LogP) is 2.63. The maximum atomic E-state index is 12.1. The standard InChI is InChI=1S/C15H14Cl2N2O3/c1-9-4-3-5-11-18-10(6-12(20)19(9)11)7-22-13(21)14(2)8-15(14,16)17/h3-6H,7-8H2,1-2H3/t14-/m1/s1. The molecule has 1 aliphatic rings. The van der Waals surface area contributed by atoms with E-state index in [-0.39, 0.29) is 12.2 Å². The molecule has 0 unspecified atom stereocenters. The summed E-state index contributed by atoms with van der Waals surface area (Å²) in [7, 11) is 0. The number of carbonyl (C=O) groups is 1. The molecule has 3 rings (SSSR count). The molecule has 0 spiro atoms. The molecule has 0 bridgehead atoms. The molecule has 0 radical (unpaired) electrons. The quantitative estimate of drug-likeness (QED) is 0.636. The molecule has 2 heterocycles. The van der Waals surface area contributed by atoms with E-state index in [1.54, 1.807) is 13.0 Å². The highest BCUT2D eigenvalue weighted by Crippen LogP contribution is 2.64. The van der Waals surface area contributed by atoms with Gasteiger partial charge in [0.1, 0.15) is 22.0 Å². The topological polar surface area (TPSA) is 60.7 Å². The molecule has 1 aliphatic carbocycles. The Labute approximate surface area is 136 Å². The van der Waals surface area contributed by atoms with Crippen LogP contribution in [0.3, 0.4) is 0 Å². The lowest BCUT2D eigenvalue weighted by Gasteiger charge is -2.12. The first-order chi connectivity index (χ1) is 10.2. The van der Waals surface area contributed by atoms with Gasteiger partial charge in [-0.2, -0.15) is 0 Å². The largest absolute Gasteiger partial charge is 0.459 e. The Morgan fingerprint density at radius 1 is 1.45 bits per heavy atom. The van der Waals surface area contributed by atoms with Crippen molar-refractivity contribution in [3.63, 3.8) is 0 Å². The minimum absolute atomic E-state index is 0.0854. The van der Waals surface area contributed by atoms with Crippen molar-refractivity contribution in [3.05, 3.63) is 46.0 Å². The summed E-state index contributed by atoms with van der Waals surface area (Å²) in [5.41, 5.74) is 0.593. The number of ether oxygens (including phenoxy) is 1. The fourth-order valence-electron chi connectivity index (χ4n) is 2.36. The summed E-state index contributed by atoms with van der Waals surface area (Å²) in [6, 6.07) is 6.72. The molecule has 2 aromatic rings. The molecule has 1 saturated carbocycles. The van der Waals surface area contributed by atoms with Crippen LogP contribution in [0.4, 0.5) is 0 Å². The van der Waals surface area contributed by atoms with Crippen LogP contribution in [-0.2, 0) is 16.1 Å². The molecule has 2 aromatic heterocycles. The van der Waals surface area contributed by atoms with E-state index in [4.69, 9.17) is 27.9 Å². The molecule has 5 nitrogen and oxygen atoms in total. The maximum Gasteiger partial charge on any atom is 0.315 e. The Morgan fingerprint density at radius 2 is 2.14 bits per heavy atom. The summed E-state index contributed by atoms with van der Waals surface area (Å²) in [6.45, 7) is 3.39. The highest BCUT2D eigenvalue weighted by Gasteiger charge is 2.69. The van der Waals surface area contributed by atoms with Crippen molar-refractivity contribution in [2.75, 3.05) is 0 Å². The van der Waals surface area contributed by atoms with Crippen LogP contribution in [0.25, 0.3) is 5.65 Å². The third-order valence-electron chi connectivity index (χ3n) is 3.99. The lowest BCUT2D eigenvalue weighted by atomic mass is 10.1. The second-order valence-electron chi connectivity index (χ2n) is 5.74. The Morgan fingerprint density at radius 3 is 2.77 bits per heavy atom. The van der Waals surface area contributed by atoms with Crippen LogP contribution in [0.1, 0.15) is 24.7 Å². The molecule has 0 aromatic carbocycles. The van der Waals surface area contributed by atoms with Crippen LogP contribution in [0.5, 0.6) is 0 Å². The van der Waals surface area contributed by atoms with Crippen molar-refractivity contribution in [1.29, 1.82) is 0 Å². The minimum atomic E-state index is -1.07. The average molecular weight is 341 g/mol. The monoisotopic (exact) mass is 340 g/mol. The van der Waals surface area contributed by atoms with Gasteiger partial charge in [-0.05, 0) is 26.0 Å². The SMILES string of the molecule is Cc1cccc2nc(COC(=O)[C@@]3(C)CC3(Cl)Cl)cc(=O)n12. The number of esters is 1. The van der Waals surface area contributed by atoms with Gasteiger partial charge in [0.05, 0.1) is 5.69 Å². The first kappa shape index (κ1) is 15.3. The Kier molecular flexibility index (Phi) is 3.45. The van der Waals surface area contributed by atoms with Crippen molar-refractivity contribution >= 4 is 34.8 Å². The minimum Gasteiger partial charge on any atom is -0.459 e. The molecule has 116 valence electrons. The summed E-state index contributed by atoms with van der Waals surface area (Å²) < 4.78 is 5.63. The van der Waals surface area contributed by atoms with Gasteiger partial charge < -0.3 is 4.74 Å². The number of fused-ring (bicyclic) bond motifs is 1. The summed E-state index contributed by atoms with van der Waals surface area (Å²) >= 11 is 11.9. The second-order valence-corrected chi connectivity index (χ2v) is 7.22. The lowest BCUT2D eigenvalue weighted by Crippen LogP contribution is -2.22. The molecular weight excluding hydrogens is 327 g/mol. The number of rotatable bonds is 3. The van der Waals surface area contributed by atoms with Gasteiger partial charge in [-0.15, -0.1) is 23.2 Å². The van der Waals surface area contributed by atoms with Gasteiger partial charge >= 0.3 is 5.97 Å². The van der Waals surface area contributed by atoms with Crippen molar-refractivity contribution in [2.45, 2.75) is 31.2 Å². The molecular formula is C15H14Cl2N2O3. The van der Waals surface area contributed by atoms with Crippen LogP contribution >= 0.6 is 23.2 Å². The van der Waals surface area contributed by atoms with Gasteiger partial charge in [-0.3, -0.25) is 14.0 Å². The summed E-state index contributed by atoms with van der Waals surface area (Å²) in [4.78, 5) is 28.5. The fraction of sp³-hybridized carbons (Fsp3) is 0.400. The molecule has 1 fully saturated rings. The van der Waals surface area contributed by atoms with Crippen LogP contribution in [-0.4, -0.2) is 19.7 Å². The van der Waals surface area contributed by atoms with E-state index < -0.39 is 15.7 Å². The molecule has 22 heavy (non-hydrogen) atoms. The number of aromatic nitrogens is 2. The van der Waals surface area contributed by atoms with Gasteiger partial charge in [-0.25, -0.2) is 4.98 Å². The molecule has 0 aliphatic heterocycles. The smallest absolute Gasteiger partial charge is 0.315 e.